The molecule has 230 valence electrons. The zero-order valence-electron chi connectivity index (χ0n) is 24.3. The molecular formula is C32H37BN4O7. The van der Waals surface area contributed by atoms with Crippen LogP contribution in [0.3, 0.4) is 0 Å². The number of hydrogen-bond donors (Lipinski definition) is 5. The number of benzene rings is 3. The van der Waals surface area contributed by atoms with Gasteiger partial charge in [0, 0.05) is 13.0 Å². The van der Waals surface area contributed by atoms with E-state index in [1.807, 2.05) is 91.0 Å². The van der Waals surface area contributed by atoms with Crippen molar-refractivity contribution >= 4 is 30.9 Å². The van der Waals surface area contributed by atoms with Gasteiger partial charge in [-0.05, 0) is 36.0 Å². The summed E-state index contributed by atoms with van der Waals surface area (Å²) in [6, 6.07) is 25.4. The Morgan fingerprint density at radius 2 is 1.39 bits per heavy atom. The van der Waals surface area contributed by atoms with Crippen LogP contribution in [0.4, 0.5) is 4.79 Å². The number of amides is 4. The van der Waals surface area contributed by atoms with E-state index in [0.717, 1.165) is 16.7 Å². The highest BCUT2D eigenvalue weighted by Gasteiger charge is 2.37. The first-order valence-corrected chi connectivity index (χ1v) is 14.6. The number of carbonyl (C=O) groups excluding carboxylic acids is 4. The average Bonchev–Trinajstić information content (AvgIpc) is 3.54. The van der Waals surface area contributed by atoms with Gasteiger partial charge in [-0.2, -0.15) is 0 Å². The number of alkyl carbamates (subject to hydrolysis) is 1. The van der Waals surface area contributed by atoms with Gasteiger partial charge in [0.2, 0.25) is 17.7 Å². The Balaban J connectivity index is 1.37. The minimum Gasteiger partial charge on any atom is -0.445 e. The molecule has 0 radical (unpaired) electrons. The Kier molecular flexibility index (Phi) is 11.9. The molecule has 5 N–H and O–H groups in total. The highest BCUT2D eigenvalue weighted by atomic mass is 16.5. The topological polar surface area (TPSA) is 157 Å². The molecule has 0 spiro atoms. The maximum Gasteiger partial charge on any atom is 0.475 e. The first kappa shape index (κ1) is 32.2. The zero-order chi connectivity index (χ0) is 31.3. The van der Waals surface area contributed by atoms with E-state index in [-0.39, 0.29) is 26.0 Å². The van der Waals surface area contributed by atoms with Gasteiger partial charge < -0.3 is 35.6 Å². The molecule has 0 saturated carbocycles. The lowest BCUT2D eigenvalue weighted by molar-refractivity contribution is -0.138. The summed E-state index contributed by atoms with van der Waals surface area (Å²) in [6.07, 6.45) is 0.531. The van der Waals surface area contributed by atoms with Gasteiger partial charge in [-0.25, -0.2) is 4.79 Å². The molecule has 1 aliphatic heterocycles. The average molecular weight is 600 g/mol. The third-order valence-electron chi connectivity index (χ3n) is 7.37. The van der Waals surface area contributed by atoms with Crippen molar-refractivity contribution in [2.45, 2.75) is 50.3 Å². The number of hydrogen-bond acceptors (Lipinski definition) is 7. The fourth-order valence-electron chi connectivity index (χ4n) is 5.07. The highest BCUT2D eigenvalue weighted by molar-refractivity contribution is 6.43. The van der Waals surface area contributed by atoms with Gasteiger partial charge in [0.1, 0.15) is 25.2 Å². The molecule has 0 bridgehead atoms. The Bertz CT molecular complexity index is 1380. The van der Waals surface area contributed by atoms with Gasteiger partial charge in [-0.15, -0.1) is 0 Å². The standard InChI is InChI=1S/C32H37BN4O7/c38-29(21-34-32(41)44-22-25-15-8-3-9-16-25)37-18-10-17-27(37)31(40)35-26(19-23-11-4-1-5-12-23)30(39)36-28(33(42)43)20-24-13-6-2-7-14-24/h1-9,11-16,26-28,42-43H,10,17-22H2,(H,34,41)(H,35,40)(H,36,39)/t26-,27-,28?/m0/s1. The molecule has 3 atom stereocenters. The Morgan fingerprint density at radius 1 is 0.818 bits per heavy atom. The van der Waals surface area contributed by atoms with E-state index in [0.29, 0.717) is 19.4 Å². The zero-order valence-corrected chi connectivity index (χ0v) is 24.3. The Morgan fingerprint density at radius 3 is 1.98 bits per heavy atom. The summed E-state index contributed by atoms with van der Waals surface area (Å²) in [5, 5.41) is 27.9. The summed E-state index contributed by atoms with van der Waals surface area (Å²) in [5.74, 6) is -2.57. The van der Waals surface area contributed by atoms with Crippen LogP contribution in [0.5, 0.6) is 0 Å². The predicted octanol–water partition coefficient (Wildman–Crippen LogP) is 1.37. The summed E-state index contributed by atoms with van der Waals surface area (Å²) < 4.78 is 5.16. The monoisotopic (exact) mass is 600 g/mol. The first-order chi connectivity index (χ1) is 21.3. The molecule has 1 aliphatic rings. The molecule has 1 unspecified atom stereocenters. The number of rotatable bonds is 13. The van der Waals surface area contributed by atoms with E-state index in [1.165, 1.54) is 4.90 Å². The quantitative estimate of drug-likeness (QED) is 0.186. The third kappa shape index (κ3) is 9.68. The van der Waals surface area contributed by atoms with Gasteiger partial charge in [0.25, 0.3) is 0 Å². The van der Waals surface area contributed by atoms with Crippen molar-refractivity contribution in [3.05, 3.63) is 108 Å². The number of nitrogens with one attached hydrogen (secondary N) is 3. The van der Waals surface area contributed by atoms with Crippen molar-refractivity contribution in [2.24, 2.45) is 0 Å². The van der Waals surface area contributed by atoms with Crippen LogP contribution < -0.4 is 16.0 Å². The molecule has 1 heterocycles. The van der Waals surface area contributed by atoms with Crippen LogP contribution in [0, 0.1) is 0 Å². The summed E-state index contributed by atoms with van der Waals surface area (Å²) in [7, 11) is -1.83. The molecule has 0 aromatic heterocycles. The van der Waals surface area contributed by atoms with Crippen LogP contribution in [0.15, 0.2) is 91.0 Å². The highest BCUT2D eigenvalue weighted by Crippen LogP contribution is 2.18. The first-order valence-electron chi connectivity index (χ1n) is 14.6. The van der Waals surface area contributed by atoms with Crippen molar-refractivity contribution in [1.29, 1.82) is 0 Å². The van der Waals surface area contributed by atoms with Crippen molar-refractivity contribution in [3.8, 4) is 0 Å². The maximum absolute atomic E-state index is 13.5. The van der Waals surface area contributed by atoms with E-state index in [9.17, 15) is 29.2 Å². The second kappa shape index (κ2) is 16.2. The summed E-state index contributed by atoms with van der Waals surface area (Å²) in [5.41, 5.74) is 2.39. The largest absolute Gasteiger partial charge is 0.475 e. The third-order valence-corrected chi connectivity index (χ3v) is 7.37. The normalized spacial score (nSPS) is 15.5. The van der Waals surface area contributed by atoms with Gasteiger partial charge in [0.05, 0.1) is 5.94 Å². The summed E-state index contributed by atoms with van der Waals surface area (Å²) in [4.78, 5) is 53.5. The van der Waals surface area contributed by atoms with E-state index in [1.54, 1.807) is 0 Å². The van der Waals surface area contributed by atoms with Crippen LogP contribution in [0.2, 0.25) is 0 Å². The number of ether oxygens (including phenoxy) is 1. The lowest BCUT2D eigenvalue weighted by Gasteiger charge is -2.27. The molecule has 44 heavy (non-hydrogen) atoms. The molecule has 1 saturated heterocycles. The number of nitrogens with zero attached hydrogens (tertiary/aromatic N) is 1. The van der Waals surface area contributed by atoms with Gasteiger partial charge >= 0.3 is 13.2 Å². The minimum absolute atomic E-state index is 0.0555. The second-order valence-electron chi connectivity index (χ2n) is 10.6. The Hall–Kier alpha value is -4.68. The smallest absolute Gasteiger partial charge is 0.445 e. The molecule has 3 aromatic rings. The van der Waals surface area contributed by atoms with Crippen molar-refractivity contribution in [1.82, 2.24) is 20.9 Å². The molecule has 4 rings (SSSR count). The summed E-state index contributed by atoms with van der Waals surface area (Å²) in [6.45, 7) is 0.0317. The number of likely N-dealkylation sites (tertiary alicyclic amines) is 1. The minimum atomic E-state index is -1.83. The number of carbonyl (C=O) groups is 4. The SMILES string of the molecule is O=C(NCC(=O)N1CCC[C@H]1C(=O)N[C@@H](Cc1ccccc1)C(=O)NC(Cc1ccccc1)B(O)O)OCc1ccccc1. The summed E-state index contributed by atoms with van der Waals surface area (Å²) >= 11 is 0. The van der Waals surface area contributed by atoms with Gasteiger partial charge in [0.15, 0.2) is 0 Å². The van der Waals surface area contributed by atoms with E-state index < -0.39 is 49.0 Å². The molecular weight excluding hydrogens is 563 g/mol. The fourth-order valence-corrected chi connectivity index (χ4v) is 5.07. The van der Waals surface area contributed by atoms with Crippen LogP contribution in [-0.4, -0.2) is 77.0 Å². The molecule has 4 amide bonds. The van der Waals surface area contributed by atoms with Gasteiger partial charge in [-0.3, -0.25) is 14.4 Å². The second-order valence-corrected chi connectivity index (χ2v) is 10.6. The van der Waals surface area contributed by atoms with Crippen molar-refractivity contribution < 1.29 is 34.0 Å². The molecule has 1 fully saturated rings. The van der Waals surface area contributed by atoms with Crippen LogP contribution in [0.25, 0.3) is 0 Å². The van der Waals surface area contributed by atoms with Crippen molar-refractivity contribution in [3.63, 3.8) is 0 Å². The van der Waals surface area contributed by atoms with Crippen LogP contribution in [0.1, 0.15) is 29.5 Å². The van der Waals surface area contributed by atoms with Crippen LogP contribution >= 0.6 is 0 Å². The van der Waals surface area contributed by atoms with Crippen LogP contribution in [-0.2, 0) is 38.6 Å². The molecule has 0 aliphatic carbocycles. The molecule has 11 nitrogen and oxygen atoms in total. The lowest BCUT2D eigenvalue weighted by atomic mass is 9.75. The van der Waals surface area contributed by atoms with Gasteiger partial charge in [-0.1, -0.05) is 91.0 Å². The maximum atomic E-state index is 13.5. The van der Waals surface area contributed by atoms with E-state index in [4.69, 9.17) is 4.74 Å². The van der Waals surface area contributed by atoms with Crippen molar-refractivity contribution in [2.75, 3.05) is 13.1 Å². The van der Waals surface area contributed by atoms with E-state index >= 15 is 0 Å². The lowest BCUT2D eigenvalue weighted by Crippen LogP contribution is -2.58. The van der Waals surface area contributed by atoms with E-state index in [2.05, 4.69) is 16.0 Å². The Labute approximate surface area is 256 Å². The fraction of sp³-hybridized carbons (Fsp3) is 0.312. The molecule has 3 aromatic carbocycles. The molecule has 12 heteroatoms. The predicted molar refractivity (Wildman–Crippen MR) is 164 cm³/mol.